The Morgan fingerprint density at radius 2 is 1.77 bits per heavy atom. The van der Waals surface area contributed by atoms with Gasteiger partial charge >= 0.3 is 6.09 Å². The first-order chi connectivity index (χ1) is 20.5. The summed E-state index contributed by atoms with van der Waals surface area (Å²) in [5.41, 5.74) is 2.41. The molecule has 1 atom stereocenters. The number of hydrogen-bond acceptors (Lipinski definition) is 6. The highest BCUT2D eigenvalue weighted by atomic mass is 16.6. The summed E-state index contributed by atoms with van der Waals surface area (Å²) >= 11 is 0. The number of ether oxygens (including phenoxy) is 1. The smallest absolute Gasteiger partial charge is 0.407 e. The minimum Gasteiger partial charge on any atom is -0.444 e. The summed E-state index contributed by atoms with van der Waals surface area (Å²) in [5, 5.41) is 16.6. The molecule has 0 saturated carbocycles. The Morgan fingerprint density at radius 1 is 1.05 bits per heavy atom. The molecule has 0 aliphatic heterocycles. The minimum atomic E-state index is -1.03. The lowest BCUT2D eigenvalue weighted by molar-refractivity contribution is -0.135. The fourth-order valence-electron chi connectivity index (χ4n) is 4.66. The summed E-state index contributed by atoms with van der Waals surface area (Å²) in [6, 6.07) is 22.1. The molecule has 4 rings (SSSR count). The van der Waals surface area contributed by atoms with Crippen LogP contribution in [-0.4, -0.2) is 57.6 Å². The van der Waals surface area contributed by atoms with E-state index >= 15 is 0 Å². The number of hydrogen-bond donors (Lipinski definition) is 2. The van der Waals surface area contributed by atoms with Gasteiger partial charge in [-0.25, -0.2) is 9.78 Å². The molecule has 4 aromatic rings. The van der Waals surface area contributed by atoms with Gasteiger partial charge in [0, 0.05) is 32.0 Å². The van der Waals surface area contributed by atoms with Gasteiger partial charge in [0.05, 0.1) is 30.9 Å². The SMILES string of the molecule is CN(Cc1cccc2ccccc12)C(=O)C(CNC(=O)OC(C)(C)C)NC(=O)Cc1cncn1Cc1ccc(C#N)cc1. The maximum absolute atomic E-state index is 13.7. The Hall–Kier alpha value is -5.17. The van der Waals surface area contributed by atoms with Crippen LogP contribution in [0.3, 0.4) is 0 Å². The van der Waals surface area contributed by atoms with E-state index in [0.717, 1.165) is 21.9 Å². The van der Waals surface area contributed by atoms with Crippen LogP contribution in [0.15, 0.2) is 79.3 Å². The number of alkyl carbamates (subject to hydrolysis) is 1. The van der Waals surface area contributed by atoms with Gasteiger partial charge in [-0.3, -0.25) is 9.59 Å². The average molecular weight is 581 g/mol. The first kappa shape index (κ1) is 30.8. The first-order valence-corrected chi connectivity index (χ1v) is 14.0. The monoisotopic (exact) mass is 580 g/mol. The molecule has 10 heteroatoms. The van der Waals surface area contributed by atoms with Gasteiger partial charge in [-0.2, -0.15) is 5.26 Å². The van der Waals surface area contributed by atoms with Gasteiger partial charge in [0.25, 0.3) is 0 Å². The van der Waals surface area contributed by atoms with E-state index in [9.17, 15) is 14.4 Å². The number of likely N-dealkylation sites (N-methyl/N-ethyl adjacent to an activating group) is 1. The average Bonchev–Trinajstić information content (AvgIpc) is 3.40. The molecule has 0 spiro atoms. The van der Waals surface area contributed by atoms with Gasteiger partial charge in [0.2, 0.25) is 11.8 Å². The molecule has 2 N–H and O–H groups in total. The van der Waals surface area contributed by atoms with Gasteiger partial charge in [0.15, 0.2) is 0 Å². The molecule has 1 unspecified atom stereocenters. The Labute approximate surface area is 251 Å². The minimum absolute atomic E-state index is 0.0282. The lowest BCUT2D eigenvalue weighted by Gasteiger charge is -2.26. The molecule has 10 nitrogen and oxygen atoms in total. The fourth-order valence-corrected chi connectivity index (χ4v) is 4.66. The summed E-state index contributed by atoms with van der Waals surface area (Å²) in [5.74, 6) is -0.757. The summed E-state index contributed by atoms with van der Waals surface area (Å²) in [4.78, 5) is 45.0. The van der Waals surface area contributed by atoms with Crippen molar-refractivity contribution in [2.24, 2.45) is 0 Å². The van der Waals surface area contributed by atoms with E-state index in [2.05, 4.69) is 21.7 Å². The molecule has 1 heterocycles. The normalized spacial score (nSPS) is 11.8. The number of fused-ring (bicyclic) bond motifs is 1. The zero-order valence-corrected chi connectivity index (χ0v) is 24.8. The molecule has 222 valence electrons. The summed E-state index contributed by atoms with van der Waals surface area (Å²) in [7, 11) is 1.67. The Bertz CT molecular complexity index is 1630. The van der Waals surface area contributed by atoms with Crippen LogP contribution in [0.1, 0.15) is 43.2 Å². The number of imidazole rings is 1. The molecular formula is C33H36N6O4. The third-order valence-electron chi connectivity index (χ3n) is 6.72. The van der Waals surface area contributed by atoms with Crippen molar-refractivity contribution in [3.8, 4) is 6.07 Å². The molecule has 0 aliphatic rings. The first-order valence-electron chi connectivity index (χ1n) is 14.0. The molecule has 0 aliphatic carbocycles. The molecule has 43 heavy (non-hydrogen) atoms. The van der Waals surface area contributed by atoms with Gasteiger partial charge in [-0.05, 0) is 54.8 Å². The highest BCUT2D eigenvalue weighted by molar-refractivity contribution is 5.90. The predicted molar refractivity (Wildman–Crippen MR) is 163 cm³/mol. The highest BCUT2D eigenvalue weighted by Gasteiger charge is 2.27. The standard InChI is InChI=1S/C33H36N6O4/c1-33(2,3)43-32(42)36-19-29(31(41)38(4)21-26-10-7-9-25-8-5-6-11-28(25)26)37-30(40)16-27-18-35-22-39(27)20-24-14-12-23(17-34)13-15-24/h5-15,18,22,29H,16,19-21H2,1-4H3,(H,36,42)(H,37,40). The number of aromatic nitrogens is 2. The molecule has 0 bridgehead atoms. The molecule has 0 saturated heterocycles. The van der Waals surface area contributed by atoms with Gasteiger partial charge in [-0.15, -0.1) is 0 Å². The largest absolute Gasteiger partial charge is 0.444 e. The van der Waals surface area contributed by atoms with Crippen molar-refractivity contribution in [1.82, 2.24) is 25.1 Å². The van der Waals surface area contributed by atoms with Crippen molar-refractivity contribution < 1.29 is 19.1 Å². The van der Waals surface area contributed by atoms with Crippen molar-refractivity contribution in [2.45, 2.75) is 51.9 Å². The molecule has 3 amide bonds. The number of nitriles is 1. The van der Waals surface area contributed by atoms with Crippen LogP contribution in [0.2, 0.25) is 0 Å². The third kappa shape index (κ3) is 8.66. The second-order valence-corrected chi connectivity index (χ2v) is 11.3. The highest BCUT2D eigenvalue weighted by Crippen LogP contribution is 2.20. The van der Waals surface area contributed by atoms with Crippen molar-refractivity contribution in [1.29, 1.82) is 5.26 Å². The van der Waals surface area contributed by atoms with Crippen LogP contribution in [0.4, 0.5) is 4.79 Å². The zero-order valence-electron chi connectivity index (χ0n) is 24.8. The van der Waals surface area contributed by atoms with E-state index in [1.165, 1.54) is 0 Å². The van der Waals surface area contributed by atoms with Gasteiger partial charge in [-0.1, -0.05) is 54.6 Å². The van der Waals surface area contributed by atoms with Crippen molar-refractivity contribution >= 4 is 28.7 Å². The van der Waals surface area contributed by atoms with E-state index in [1.807, 2.05) is 59.2 Å². The number of nitrogens with zero attached hydrogens (tertiary/aromatic N) is 4. The predicted octanol–water partition coefficient (Wildman–Crippen LogP) is 4.17. The second-order valence-electron chi connectivity index (χ2n) is 11.3. The number of amides is 3. The zero-order chi connectivity index (χ0) is 31.0. The van der Waals surface area contributed by atoms with Crippen molar-refractivity contribution in [2.75, 3.05) is 13.6 Å². The lowest BCUT2D eigenvalue weighted by Crippen LogP contribution is -2.53. The number of rotatable bonds is 10. The van der Waals surface area contributed by atoms with Crippen LogP contribution in [0.25, 0.3) is 10.8 Å². The van der Waals surface area contributed by atoms with E-state index in [1.54, 1.807) is 57.4 Å². The number of carbonyl (C=O) groups is 3. The molecule has 0 fully saturated rings. The maximum Gasteiger partial charge on any atom is 0.407 e. The van der Waals surface area contributed by atoms with Gasteiger partial charge < -0.3 is 24.8 Å². The van der Waals surface area contributed by atoms with Crippen LogP contribution in [0.5, 0.6) is 0 Å². The van der Waals surface area contributed by atoms with Gasteiger partial charge in [0.1, 0.15) is 11.6 Å². The Balaban J connectivity index is 1.47. The Kier molecular flexibility index (Phi) is 9.78. The fraction of sp³-hybridized carbons (Fsp3) is 0.303. The van der Waals surface area contributed by atoms with Crippen molar-refractivity contribution in [3.63, 3.8) is 0 Å². The van der Waals surface area contributed by atoms with E-state index < -0.39 is 23.6 Å². The van der Waals surface area contributed by atoms with Crippen LogP contribution >= 0.6 is 0 Å². The van der Waals surface area contributed by atoms with Crippen LogP contribution in [0, 0.1) is 11.3 Å². The quantitative estimate of drug-likeness (QED) is 0.290. The molecule has 0 radical (unpaired) electrons. The molecular weight excluding hydrogens is 544 g/mol. The molecule has 1 aromatic heterocycles. The number of benzene rings is 3. The van der Waals surface area contributed by atoms with Crippen LogP contribution in [-0.2, 0) is 33.8 Å². The number of nitrogens with one attached hydrogen (secondary N) is 2. The molecule has 3 aromatic carbocycles. The van der Waals surface area contributed by atoms with Crippen molar-refractivity contribution in [3.05, 3.63) is 102 Å². The summed E-state index contributed by atoms with van der Waals surface area (Å²) in [6.45, 7) is 5.87. The van der Waals surface area contributed by atoms with Crippen LogP contribution < -0.4 is 10.6 Å². The Morgan fingerprint density at radius 3 is 2.49 bits per heavy atom. The summed E-state index contributed by atoms with van der Waals surface area (Å²) in [6.07, 6.45) is 2.52. The van der Waals surface area contributed by atoms with E-state index in [4.69, 9.17) is 10.00 Å². The maximum atomic E-state index is 13.7. The summed E-state index contributed by atoms with van der Waals surface area (Å²) < 4.78 is 7.17. The topological polar surface area (TPSA) is 129 Å². The van der Waals surface area contributed by atoms with E-state index in [-0.39, 0.29) is 18.9 Å². The lowest BCUT2D eigenvalue weighted by atomic mass is 10.0. The number of carbonyl (C=O) groups excluding carboxylic acids is 3. The third-order valence-corrected chi connectivity index (χ3v) is 6.72. The second kappa shape index (κ2) is 13.7. The van der Waals surface area contributed by atoms with E-state index in [0.29, 0.717) is 24.3 Å².